The quantitative estimate of drug-likeness (QED) is 0.512. The summed E-state index contributed by atoms with van der Waals surface area (Å²) in [4.78, 5) is 28.0. The first-order valence-electron chi connectivity index (χ1n) is 9.30. The number of amides is 2. The van der Waals surface area contributed by atoms with E-state index < -0.39 is 27.7 Å². The first-order valence-corrected chi connectivity index (χ1v) is 11.7. The van der Waals surface area contributed by atoms with E-state index in [1.54, 1.807) is 6.07 Å². The van der Waals surface area contributed by atoms with E-state index in [0.29, 0.717) is 18.1 Å². The molecule has 11 heteroatoms. The van der Waals surface area contributed by atoms with Gasteiger partial charge in [0, 0.05) is 24.8 Å². The van der Waals surface area contributed by atoms with Gasteiger partial charge in [-0.05, 0) is 49.2 Å². The number of carbonyl (C=O) groups is 2. The Hall–Kier alpha value is -2.50. The maximum atomic E-state index is 12.9. The number of hydrogen-bond acceptors (Lipinski definition) is 6. The van der Waals surface area contributed by atoms with Gasteiger partial charge in [-0.3, -0.25) is 20.4 Å². The lowest BCUT2D eigenvalue weighted by atomic mass is 10.2. The van der Waals surface area contributed by atoms with E-state index in [9.17, 15) is 22.4 Å². The van der Waals surface area contributed by atoms with E-state index in [4.69, 9.17) is 0 Å². The van der Waals surface area contributed by atoms with Crippen LogP contribution in [0.1, 0.15) is 29.6 Å². The second-order valence-corrected chi connectivity index (χ2v) is 9.53. The average molecular weight is 453 g/mol. The lowest BCUT2D eigenvalue weighted by Gasteiger charge is -2.25. The molecule has 2 aromatic rings. The van der Waals surface area contributed by atoms with Crippen molar-refractivity contribution in [1.29, 1.82) is 0 Å². The molecule has 1 aliphatic rings. The summed E-state index contributed by atoms with van der Waals surface area (Å²) < 4.78 is 39.5. The number of rotatable bonds is 6. The fourth-order valence-electron chi connectivity index (χ4n) is 2.83. The van der Waals surface area contributed by atoms with E-state index in [0.717, 1.165) is 43.2 Å². The Balaban J connectivity index is 1.48. The molecule has 0 spiro atoms. The molecular formula is C19H21FN4O4S2. The van der Waals surface area contributed by atoms with E-state index in [2.05, 4.69) is 15.8 Å². The molecule has 1 fully saturated rings. The van der Waals surface area contributed by atoms with Gasteiger partial charge in [0.15, 0.2) is 0 Å². The molecular weight excluding hydrogens is 431 g/mol. The third kappa shape index (κ3) is 5.77. The fourth-order valence-corrected chi connectivity index (χ4v) is 4.94. The Kier molecular flexibility index (Phi) is 7.40. The van der Waals surface area contributed by atoms with Gasteiger partial charge < -0.3 is 0 Å². The van der Waals surface area contributed by atoms with Crippen molar-refractivity contribution >= 4 is 33.6 Å². The van der Waals surface area contributed by atoms with Crippen LogP contribution in [0.5, 0.6) is 0 Å². The van der Waals surface area contributed by atoms with Crippen molar-refractivity contribution in [2.75, 3.05) is 18.8 Å². The normalized spacial score (nSPS) is 14.8. The van der Waals surface area contributed by atoms with Crippen LogP contribution in [0, 0.1) is 5.82 Å². The summed E-state index contributed by atoms with van der Waals surface area (Å²) in [5, 5.41) is 0.479. The first-order chi connectivity index (χ1) is 14.4. The monoisotopic (exact) mass is 452 g/mol. The molecule has 160 valence electrons. The van der Waals surface area contributed by atoms with E-state index in [-0.39, 0.29) is 16.2 Å². The summed E-state index contributed by atoms with van der Waals surface area (Å²) in [6.07, 6.45) is 4.04. The molecule has 1 aromatic heterocycles. The minimum absolute atomic E-state index is 0.0328. The van der Waals surface area contributed by atoms with Gasteiger partial charge in [-0.1, -0.05) is 18.2 Å². The average Bonchev–Trinajstić information content (AvgIpc) is 2.77. The highest BCUT2D eigenvalue weighted by Crippen LogP contribution is 2.22. The number of aromatic nitrogens is 1. The third-order valence-electron chi connectivity index (χ3n) is 4.44. The number of halogens is 1. The second kappa shape index (κ2) is 10.0. The molecule has 2 heterocycles. The maximum absolute atomic E-state index is 12.9. The molecule has 1 saturated heterocycles. The van der Waals surface area contributed by atoms with Gasteiger partial charge in [0.1, 0.15) is 10.7 Å². The van der Waals surface area contributed by atoms with Gasteiger partial charge in [-0.25, -0.2) is 17.8 Å². The molecule has 1 aliphatic heterocycles. The number of carbonyl (C=O) groups excluding carboxylic acids is 2. The molecule has 0 saturated carbocycles. The summed E-state index contributed by atoms with van der Waals surface area (Å²) in [6, 6.07) is 7.92. The Bertz CT molecular complexity index is 992. The summed E-state index contributed by atoms with van der Waals surface area (Å²) in [7, 11) is -3.55. The zero-order valence-electron chi connectivity index (χ0n) is 16.0. The summed E-state index contributed by atoms with van der Waals surface area (Å²) in [5.41, 5.74) is 4.71. The van der Waals surface area contributed by atoms with Crippen LogP contribution in [0.25, 0.3) is 0 Å². The second-order valence-electron chi connectivity index (χ2n) is 6.59. The first kappa shape index (κ1) is 22.2. The standard InChI is InChI=1S/C19H21FN4O4S2/c20-15-6-4-14(5-7-15)19(26)23-22-17(25)13-29-18-9-8-16(12-21-18)30(27,28)24-10-2-1-3-11-24/h4-9,12H,1-3,10-11,13H2,(H,22,25)(H,23,26). The number of thioether (sulfide) groups is 1. The van der Waals surface area contributed by atoms with Crippen molar-refractivity contribution in [3.8, 4) is 0 Å². The third-order valence-corrected chi connectivity index (χ3v) is 7.26. The van der Waals surface area contributed by atoms with E-state index >= 15 is 0 Å². The number of piperidine rings is 1. The van der Waals surface area contributed by atoms with Crippen molar-refractivity contribution in [3.05, 3.63) is 54.0 Å². The van der Waals surface area contributed by atoms with Gasteiger partial charge >= 0.3 is 0 Å². The van der Waals surface area contributed by atoms with Crippen molar-refractivity contribution < 1.29 is 22.4 Å². The molecule has 3 rings (SSSR count). The zero-order valence-corrected chi connectivity index (χ0v) is 17.6. The SMILES string of the molecule is O=C(CSc1ccc(S(=O)(=O)N2CCCCC2)cn1)NNC(=O)c1ccc(F)cc1. The summed E-state index contributed by atoms with van der Waals surface area (Å²) >= 11 is 1.10. The smallest absolute Gasteiger partial charge is 0.269 e. The number of sulfonamides is 1. The molecule has 0 atom stereocenters. The number of hydrazine groups is 1. The summed E-state index contributed by atoms with van der Waals surface area (Å²) in [5.74, 6) is -1.54. The minimum atomic E-state index is -3.55. The Morgan fingerprint density at radius 1 is 1.03 bits per heavy atom. The van der Waals surface area contributed by atoms with Gasteiger partial charge in [-0.15, -0.1) is 0 Å². The molecule has 30 heavy (non-hydrogen) atoms. The van der Waals surface area contributed by atoms with Crippen molar-refractivity contribution in [2.45, 2.75) is 29.2 Å². The van der Waals surface area contributed by atoms with Crippen LogP contribution in [0.3, 0.4) is 0 Å². The van der Waals surface area contributed by atoms with Crippen LogP contribution in [0.4, 0.5) is 4.39 Å². The minimum Gasteiger partial charge on any atom is -0.272 e. The predicted octanol–water partition coefficient (Wildman–Crippen LogP) is 1.95. The lowest BCUT2D eigenvalue weighted by Crippen LogP contribution is -2.42. The number of pyridine rings is 1. The van der Waals surface area contributed by atoms with Crippen LogP contribution >= 0.6 is 11.8 Å². The molecule has 1 aromatic carbocycles. The fraction of sp³-hybridized carbons (Fsp3) is 0.316. The van der Waals surface area contributed by atoms with Crippen LogP contribution in [0.2, 0.25) is 0 Å². The van der Waals surface area contributed by atoms with Crippen LogP contribution in [0.15, 0.2) is 52.5 Å². The number of nitrogens with one attached hydrogen (secondary N) is 2. The molecule has 0 aliphatic carbocycles. The molecule has 0 bridgehead atoms. The highest BCUT2D eigenvalue weighted by Gasteiger charge is 2.26. The number of hydrogen-bond donors (Lipinski definition) is 2. The molecule has 2 amide bonds. The highest BCUT2D eigenvalue weighted by molar-refractivity contribution is 7.99. The lowest BCUT2D eigenvalue weighted by molar-refractivity contribution is -0.119. The van der Waals surface area contributed by atoms with Crippen molar-refractivity contribution in [1.82, 2.24) is 20.1 Å². The Morgan fingerprint density at radius 2 is 1.73 bits per heavy atom. The molecule has 0 radical (unpaired) electrons. The largest absolute Gasteiger partial charge is 0.272 e. The van der Waals surface area contributed by atoms with Crippen molar-refractivity contribution in [3.63, 3.8) is 0 Å². The van der Waals surface area contributed by atoms with E-state index in [1.807, 2.05) is 0 Å². The predicted molar refractivity (Wildman–Crippen MR) is 110 cm³/mol. The number of nitrogens with zero attached hydrogens (tertiary/aromatic N) is 2. The van der Waals surface area contributed by atoms with Gasteiger partial charge in [-0.2, -0.15) is 4.31 Å². The Morgan fingerprint density at radius 3 is 2.37 bits per heavy atom. The van der Waals surface area contributed by atoms with Gasteiger partial charge in [0.2, 0.25) is 15.9 Å². The molecule has 2 N–H and O–H groups in total. The van der Waals surface area contributed by atoms with E-state index in [1.165, 1.54) is 28.7 Å². The number of benzene rings is 1. The topological polar surface area (TPSA) is 108 Å². The van der Waals surface area contributed by atoms with Crippen LogP contribution in [-0.2, 0) is 14.8 Å². The van der Waals surface area contributed by atoms with Gasteiger partial charge in [0.25, 0.3) is 5.91 Å². The van der Waals surface area contributed by atoms with Crippen LogP contribution < -0.4 is 10.9 Å². The molecule has 8 nitrogen and oxygen atoms in total. The van der Waals surface area contributed by atoms with Gasteiger partial charge in [0.05, 0.1) is 10.8 Å². The Labute approximate surface area is 178 Å². The molecule has 0 unspecified atom stereocenters. The highest BCUT2D eigenvalue weighted by atomic mass is 32.2. The van der Waals surface area contributed by atoms with Crippen molar-refractivity contribution in [2.24, 2.45) is 0 Å². The zero-order chi connectivity index (χ0) is 21.6. The summed E-state index contributed by atoms with van der Waals surface area (Å²) in [6.45, 7) is 1.03. The maximum Gasteiger partial charge on any atom is 0.269 e. The van der Waals surface area contributed by atoms with Crippen LogP contribution in [-0.4, -0.2) is 48.4 Å².